The highest BCUT2D eigenvalue weighted by Gasteiger charge is 2.44. The predicted octanol–water partition coefficient (Wildman–Crippen LogP) is 3.97. The summed E-state index contributed by atoms with van der Waals surface area (Å²) < 4.78 is 6.91. The monoisotopic (exact) mass is 285 g/mol. The molecule has 0 aliphatic carbocycles. The first-order valence-corrected chi connectivity index (χ1v) is 12.1. The van der Waals surface area contributed by atoms with Crippen LogP contribution in [0.2, 0.25) is 23.7 Å². The number of nitrogens with zero attached hydrogens (tertiary/aromatic N) is 1. The van der Waals surface area contributed by atoms with Crippen LogP contribution in [0.4, 0.5) is 0 Å². The quantitative estimate of drug-likeness (QED) is 0.786. The van der Waals surface area contributed by atoms with Crippen LogP contribution in [0.25, 0.3) is 0 Å². The Labute approximate surface area is 117 Å². The average molecular weight is 286 g/mol. The molecule has 1 saturated heterocycles. The maximum atomic E-state index is 4.17. The largest absolute Gasteiger partial charge is 0.347 e. The summed E-state index contributed by atoms with van der Waals surface area (Å²) in [6.45, 7) is 19.8. The Morgan fingerprint density at radius 1 is 1.11 bits per heavy atom. The smallest absolute Gasteiger partial charge is 0.216 e. The molecule has 0 saturated carbocycles. The van der Waals surface area contributed by atoms with E-state index in [-0.39, 0.29) is 0 Å². The van der Waals surface area contributed by atoms with Gasteiger partial charge in [-0.1, -0.05) is 47.6 Å². The first-order chi connectivity index (χ1) is 8.18. The summed E-state index contributed by atoms with van der Waals surface area (Å²) in [7, 11) is -1.95. The number of hydrogen-bond acceptors (Lipinski definition) is 2. The summed E-state index contributed by atoms with van der Waals surface area (Å²) in [4.78, 5) is 0. The van der Waals surface area contributed by atoms with Crippen LogP contribution in [-0.4, -0.2) is 35.0 Å². The molecule has 0 spiro atoms. The van der Waals surface area contributed by atoms with Crippen LogP contribution in [0.5, 0.6) is 0 Å². The number of nitrogens with one attached hydrogen (secondary N) is 1. The molecule has 107 valence electrons. The molecule has 0 aromatic rings. The van der Waals surface area contributed by atoms with Gasteiger partial charge in [0.2, 0.25) is 9.12 Å². The summed E-state index contributed by atoms with van der Waals surface area (Å²) in [6, 6.07) is 0. The second kappa shape index (κ2) is 6.20. The number of rotatable bonds is 4. The van der Waals surface area contributed by atoms with Crippen molar-refractivity contribution in [2.75, 3.05) is 13.1 Å². The van der Waals surface area contributed by atoms with E-state index in [4.69, 9.17) is 0 Å². The van der Waals surface area contributed by atoms with E-state index in [0.717, 1.165) is 5.54 Å². The Balaban J connectivity index is 2.71. The van der Waals surface area contributed by atoms with Crippen LogP contribution >= 0.6 is 0 Å². The first kappa shape index (κ1) is 16.4. The normalized spacial score (nSPS) is 22.5. The van der Waals surface area contributed by atoms with Crippen LogP contribution in [0.15, 0.2) is 0 Å². The van der Waals surface area contributed by atoms with Crippen molar-refractivity contribution in [3.8, 4) is 0 Å². The summed E-state index contributed by atoms with van der Waals surface area (Å²) in [5, 5.41) is 0.433. The van der Waals surface area contributed by atoms with Gasteiger partial charge in [-0.05, 0) is 43.1 Å². The van der Waals surface area contributed by atoms with E-state index in [9.17, 15) is 0 Å². The second-order valence-corrected chi connectivity index (χ2v) is 15.2. The van der Waals surface area contributed by atoms with Crippen LogP contribution in [0.3, 0.4) is 0 Å². The minimum atomic E-state index is -1.42. The fourth-order valence-electron chi connectivity index (χ4n) is 2.88. The molecule has 4 heteroatoms. The molecule has 0 amide bonds. The van der Waals surface area contributed by atoms with Gasteiger partial charge in [-0.2, -0.15) is 0 Å². The molecule has 0 aromatic carbocycles. The Hall–Kier alpha value is 0.354. The molecule has 18 heavy (non-hydrogen) atoms. The van der Waals surface area contributed by atoms with Crippen molar-refractivity contribution < 1.29 is 0 Å². The molecule has 1 atom stereocenters. The highest BCUT2D eigenvalue weighted by molar-refractivity contribution is 6.87. The minimum absolute atomic E-state index is 0.433. The third-order valence-corrected chi connectivity index (χ3v) is 15.3. The zero-order valence-corrected chi connectivity index (χ0v) is 15.6. The minimum Gasteiger partial charge on any atom is -0.347 e. The fraction of sp³-hybridized carbons (Fsp3) is 1.00. The van der Waals surface area contributed by atoms with Crippen molar-refractivity contribution in [2.45, 2.75) is 77.6 Å². The fourth-order valence-corrected chi connectivity index (χ4v) is 11.9. The molecular weight excluding hydrogens is 252 g/mol. The van der Waals surface area contributed by atoms with Gasteiger partial charge >= 0.3 is 0 Å². The lowest BCUT2D eigenvalue weighted by Crippen LogP contribution is -2.66. The van der Waals surface area contributed by atoms with Crippen molar-refractivity contribution in [1.29, 1.82) is 0 Å². The lowest BCUT2D eigenvalue weighted by molar-refractivity contribution is 0.350. The maximum absolute atomic E-state index is 4.17. The summed E-state index contributed by atoms with van der Waals surface area (Å²) in [6.07, 6.45) is 4.24. The lowest BCUT2D eigenvalue weighted by atomic mass is 10.2. The van der Waals surface area contributed by atoms with E-state index < -0.39 is 17.4 Å². The summed E-state index contributed by atoms with van der Waals surface area (Å²) in [5.74, 6) is 0. The van der Waals surface area contributed by atoms with Gasteiger partial charge in [-0.15, -0.1) is 0 Å². The zero-order chi connectivity index (χ0) is 14.0. The number of piperidine rings is 1. The zero-order valence-electron chi connectivity index (χ0n) is 13.6. The average Bonchev–Trinajstić information content (AvgIpc) is 2.28. The summed E-state index contributed by atoms with van der Waals surface area (Å²) in [5.41, 5.74) is 0.794. The van der Waals surface area contributed by atoms with Crippen molar-refractivity contribution in [1.82, 2.24) is 9.21 Å². The van der Waals surface area contributed by atoms with Crippen LogP contribution in [0, 0.1) is 0 Å². The van der Waals surface area contributed by atoms with Crippen LogP contribution in [-0.2, 0) is 0 Å². The van der Waals surface area contributed by atoms with Crippen molar-refractivity contribution in [3.05, 3.63) is 0 Å². The van der Waals surface area contributed by atoms with Gasteiger partial charge in [0.25, 0.3) is 0 Å². The van der Waals surface area contributed by atoms with E-state index in [2.05, 4.69) is 56.9 Å². The molecule has 1 heterocycles. The van der Waals surface area contributed by atoms with Gasteiger partial charge in [0.15, 0.2) is 0 Å². The third kappa shape index (κ3) is 3.68. The molecule has 1 rings (SSSR count). The molecule has 1 radical (unpaired) electrons. The molecular formula is C14H33N2Si2. The molecule has 2 nitrogen and oxygen atoms in total. The van der Waals surface area contributed by atoms with Gasteiger partial charge in [-0.25, -0.2) is 0 Å². The van der Waals surface area contributed by atoms with Gasteiger partial charge in [0.1, 0.15) is 8.24 Å². The second-order valence-electron chi connectivity index (χ2n) is 7.37. The standard InChI is InChI=1S/C14H33N2Si2/c1-13(2)18(7,14(3,4)5)15-17(6)16-11-9-8-10-12-16/h13,15H,8-12H2,1-7H3. The molecule has 1 N–H and O–H groups in total. The topological polar surface area (TPSA) is 15.3 Å². The molecule has 1 unspecified atom stereocenters. The molecule has 0 bridgehead atoms. The van der Waals surface area contributed by atoms with E-state index >= 15 is 0 Å². The van der Waals surface area contributed by atoms with E-state index in [1.165, 1.54) is 32.4 Å². The highest BCUT2D eigenvalue weighted by atomic mass is 28.4. The third-order valence-electron chi connectivity index (χ3n) is 4.98. The van der Waals surface area contributed by atoms with E-state index in [1.807, 2.05) is 0 Å². The Morgan fingerprint density at radius 2 is 1.61 bits per heavy atom. The summed E-state index contributed by atoms with van der Waals surface area (Å²) >= 11 is 0. The molecule has 1 aliphatic heterocycles. The Bertz CT molecular complexity index is 257. The van der Waals surface area contributed by atoms with Crippen LogP contribution in [0.1, 0.15) is 53.9 Å². The van der Waals surface area contributed by atoms with Gasteiger partial charge < -0.3 is 9.21 Å². The number of hydrogen-bond donors (Lipinski definition) is 1. The van der Waals surface area contributed by atoms with Crippen molar-refractivity contribution >= 4 is 17.4 Å². The van der Waals surface area contributed by atoms with Crippen LogP contribution < -0.4 is 4.65 Å². The van der Waals surface area contributed by atoms with Gasteiger partial charge in [0, 0.05) is 0 Å². The first-order valence-electron chi connectivity index (χ1n) is 7.55. The lowest BCUT2D eigenvalue weighted by Gasteiger charge is -2.47. The van der Waals surface area contributed by atoms with Crippen molar-refractivity contribution in [3.63, 3.8) is 0 Å². The highest BCUT2D eigenvalue weighted by Crippen LogP contribution is 2.41. The Kier molecular flexibility index (Phi) is 5.65. The van der Waals surface area contributed by atoms with E-state index in [0.29, 0.717) is 5.04 Å². The van der Waals surface area contributed by atoms with Crippen molar-refractivity contribution in [2.24, 2.45) is 0 Å². The van der Waals surface area contributed by atoms with E-state index in [1.54, 1.807) is 0 Å². The van der Waals surface area contributed by atoms with Gasteiger partial charge in [0.05, 0.1) is 0 Å². The predicted molar refractivity (Wildman–Crippen MR) is 86.6 cm³/mol. The van der Waals surface area contributed by atoms with Gasteiger partial charge in [-0.3, -0.25) is 0 Å². The molecule has 1 aliphatic rings. The Morgan fingerprint density at radius 3 is 2.00 bits per heavy atom. The SMILES string of the molecule is CC(C)[Si](C)(N[Si](C)N1CCCCC1)C(C)(C)C. The molecule has 1 fully saturated rings. The maximum Gasteiger partial charge on any atom is 0.216 e. The molecule has 0 aromatic heterocycles.